The summed E-state index contributed by atoms with van der Waals surface area (Å²) in [5, 5.41) is 10.9. The first kappa shape index (κ1) is 10.1. The van der Waals surface area contributed by atoms with Crippen molar-refractivity contribution in [1.29, 1.82) is 0 Å². The molecule has 4 N–H and O–H groups in total. The minimum atomic E-state index is -0.0747. The van der Waals surface area contributed by atoms with Gasteiger partial charge in [-0.05, 0) is 18.6 Å². The molecule has 1 aromatic carbocycles. The molecule has 15 heavy (non-hydrogen) atoms. The van der Waals surface area contributed by atoms with Crippen molar-refractivity contribution in [3.8, 4) is 5.75 Å². The van der Waals surface area contributed by atoms with Crippen molar-refractivity contribution < 1.29 is 5.11 Å². The lowest BCUT2D eigenvalue weighted by Gasteiger charge is -2.12. The summed E-state index contributed by atoms with van der Waals surface area (Å²) >= 11 is 0. The van der Waals surface area contributed by atoms with E-state index in [1.165, 1.54) is 0 Å². The zero-order valence-corrected chi connectivity index (χ0v) is 8.83. The molecule has 0 radical (unpaired) electrons. The van der Waals surface area contributed by atoms with E-state index in [4.69, 9.17) is 5.73 Å². The topological polar surface area (TPSA) is 62.0 Å². The number of phenols is 1. The number of phenolic OH excluding ortho intramolecular Hbond substituents is 1. The van der Waals surface area contributed by atoms with Gasteiger partial charge in [0.15, 0.2) is 0 Å². The lowest BCUT2D eigenvalue weighted by atomic mass is 10.0. The molecule has 0 saturated carbocycles. The Morgan fingerprint density at radius 2 is 2.20 bits per heavy atom. The Morgan fingerprint density at radius 3 is 2.93 bits per heavy atom. The van der Waals surface area contributed by atoms with Crippen molar-refractivity contribution in [1.82, 2.24) is 4.98 Å². The fraction of sp³-hybridized carbons (Fsp3) is 0.333. The molecule has 0 saturated heterocycles. The number of aromatic amines is 1. The predicted octanol–water partition coefficient (Wildman–Crippen LogP) is 2.67. The first-order valence-corrected chi connectivity index (χ1v) is 5.28. The molecule has 0 bridgehead atoms. The fourth-order valence-corrected chi connectivity index (χ4v) is 1.90. The van der Waals surface area contributed by atoms with Crippen molar-refractivity contribution in [2.24, 2.45) is 5.73 Å². The maximum absolute atomic E-state index is 10.0. The number of nitrogens with two attached hydrogens (primary N) is 1. The van der Waals surface area contributed by atoms with Crippen molar-refractivity contribution in [3.05, 3.63) is 30.0 Å². The Bertz CT molecular complexity index is 462. The maximum atomic E-state index is 10.0. The summed E-state index contributed by atoms with van der Waals surface area (Å²) in [5.74, 6) is 0.315. The van der Waals surface area contributed by atoms with Crippen LogP contribution in [0.1, 0.15) is 31.4 Å². The number of hydrogen-bond acceptors (Lipinski definition) is 2. The van der Waals surface area contributed by atoms with Gasteiger partial charge in [0.25, 0.3) is 0 Å². The molecule has 3 nitrogen and oxygen atoms in total. The number of hydrogen-bond donors (Lipinski definition) is 3. The summed E-state index contributed by atoms with van der Waals surface area (Å²) in [7, 11) is 0. The van der Waals surface area contributed by atoms with Crippen LogP contribution in [0.2, 0.25) is 0 Å². The van der Waals surface area contributed by atoms with Crippen LogP contribution in [-0.4, -0.2) is 10.1 Å². The second-order valence-electron chi connectivity index (χ2n) is 3.84. The van der Waals surface area contributed by atoms with Crippen molar-refractivity contribution in [2.45, 2.75) is 25.8 Å². The quantitative estimate of drug-likeness (QED) is 0.719. The minimum absolute atomic E-state index is 0.0747. The smallest absolute Gasteiger partial charge is 0.129 e. The van der Waals surface area contributed by atoms with Crippen LogP contribution >= 0.6 is 0 Å². The largest absolute Gasteiger partial charge is 0.507 e. The van der Waals surface area contributed by atoms with E-state index >= 15 is 0 Å². The molecule has 2 rings (SSSR count). The molecule has 0 spiro atoms. The van der Waals surface area contributed by atoms with Gasteiger partial charge in [-0.3, -0.25) is 0 Å². The Balaban J connectivity index is 2.47. The van der Waals surface area contributed by atoms with E-state index in [0.717, 1.165) is 29.3 Å². The lowest BCUT2D eigenvalue weighted by molar-refractivity contribution is 0.464. The lowest BCUT2D eigenvalue weighted by Crippen LogP contribution is -2.09. The van der Waals surface area contributed by atoms with Crippen LogP contribution in [-0.2, 0) is 0 Å². The number of fused-ring (bicyclic) bond motifs is 1. The van der Waals surface area contributed by atoms with Crippen molar-refractivity contribution in [2.75, 3.05) is 0 Å². The Labute approximate surface area is 88.9 Å². The second-order valence-corrected chi connectivity index (χ2v) is 3.84. The fourth-order valence-electron chi connectivity index (χ4n) is 1.90. The Kier molecular flexibility index (Phi) is 2.64. The van der Waals surface area contributed by atoms with E-state index in [0.29, 0.717) is 5.75 Å². The molecule has 1 atom stereocenters. The zero-order valence-electron chi connectivity index (χ0n) is 8.83. The van der Waals surface area contributed by atoms with Gasteiger partial charge in [0, 0.05) is 28.7 Å². The molecular weight excluding hydrogens is 188 g/mol. The molecule has 0 aliphatic carbocycles. The van der Waals surface area contributed by atoms with E-state index in [2.05, 4.69) is 11.9 Å². The van der Waals surface area contributed by atoms with E-state index in [9.17, 15) is 5.11 Å². The van der Waals surface area contributed by atoms with Crippen LogP contribution in [0.15, 0.2) is 24.4 Å². The Hall–Kier alpha value is -1.48. The minimum Gasteiger partial charge on any atom is -0.507 e. The monoisotopic (exact) mass is 204 g/mol. The average molecular weight is 204 g/mol. The van der Waals surface area contributed by atoms with Gasteiger partial charge in [-0.25, -0.2) is 0 Å². The zero-order chi connectivity index (χ0) is 10.8. The summed E-state index contributed by atoms with van der Waals surface area (Å²) < 4.78 is 0. The summed E-state index contributed by atoms with van der Waals surface area (Å²) in [6.45, 7) is 2.09. The molecule has 3 heteroatoms. The number of H-pyrrole nitrogens is 1. The number of rotatable bonds is 3. The summed E-state index contributed by atoms with van der Waals surface area (Å²) in [6.07, 6.45) is 3.73. The molecule has 1 aromatic heterocycles. The third-order valence-corrected chi connectivity index (χ3v) is 2.74. The van der Waals surface area contributed by atoms with Crippen LogP contribution in [0.25, 0.3) is 10.9 Å². The highest BCUT2D eigenvalue weighted by atomic mass is 16.3. The normalized spacial score (nSPS) is 13.2. The number of nitrogens with one attached hydrogen (secondary N) is 1. The van der Waals surface area contributed by atoms with Gasteiger partial charge < -0.3 is 15.8 Å². The third-order valence-electron chi connectivity index (χ3n) is 2.74. The maximum Gasteiger partial charge on any atom is 0.129 e. The average Bonchev–Trinajstić information content (AvgIpc) is 2.67. The number of benzene rings is 1. The van der Waals surface area contributed by atoms with Gasteiger partial charge >= 0.3 is 0 Å². The van der Waals surface area contributed by atoms with E-state index in [1.807, 2.05) is 24.4 Å². The highest BCUT2D eigenvalue weighted by molar-refractivity contribution is 5.87. The first-order chi connectivity index (χ1) is 7.24. The molecule has 2 aromatic rings. The molecule has 1 heterocycles. The van der Waals surface area contributed by atoms with Crippen molar-refractivity contribution in [3.63, 3.8) is 0 Å². The van der Waals surface area contributed by atoms with Crippen molar-refractivity contribution >= 4 is 10.9 Å². The van der Waals surface area contributed by atoms with E-state index < -0.39 is 0 Å². The molecule has 1 unspecified atom stereocenters. The van der Waals surface area contributed by atoms with Gasteiger partial charge in [-0.1, -0.05) is 19.4 Å². The highest BCUT2D eigenvalue weighted by Gasteiger charge is 2.12. The van der Waals surface area contributed by atoms with Gasteiger partial charge in [0.05, 0.1) is 0 Å². The Morgan fingerprint density at radius 1 is 1.40 bits per heavy atom. The SMILES string of the molecule is CCCC(N)c1ccc2[nH]ccc2c1O. The highest BCUT2D eigenvalue weighted by Crippen LogP contribution is 2.32. The molecule has 0 fully saturated rings. The van der Waals surface area contributed by atoms with Gasteiger partial charge in [0.1, 0.15) is 5.75 Å². The van der Waals surface area contributed by atoms with Gasteiger partial charge in [0.2, 0.25) is 0 Å². The van der Waals surface area contributed by atoms with Crippen LogP contribution in [0, 0.1) is 0 Å². The molecule has 0 aliphatic heterocycles. The van der Waals surface area contributed by atoms with Crippen LogP contribution in [0.3, 0.4) is 0 Å². The van der Waals surface area contributed by atoms with Gasteiger partial charge in [-0.15, -0.1) is 0 Å². The molecular formula is C12H16N2O. The predicted molar refractivity (Wildman–Crippen MR) is 61.8 cm³/mol. The summed E-state index contributed by atoms with van der Waals surface area (Å²) in [6, 6.07) is 5.65. The first-order valence-electron chi connectivity index (χ1n) is 5.28. The van der Waals surface area contributed by atoms with E-state index in [1.54, 1.807) is 0 Å². The molecule has 80 valence electrons. The molecule has 0 amide bonds. The standard InChI is InChI=1S/C12H16N2O/c1-2-3-10(13)8-4-5-11-9(12(8)15)6-7-14-11/h4-7,10,14-15H,2-3,13H2,1H3. The van der Waals surface area contributed by atoms with Gasteiger partial charge in [-0.2, -0.15) is 0 Å². The van der Waals surface area contributed by atoms with E-state index in [-0.39, 0.29) is 6.04 Å². The van der Waals surface area contributed by atoms with Crippen LogP contribution in [0.4, 0.5) is 0 Å². The van der Waals surface area contributed by atoms with Crippen LogP contribution in [0.5, 0.6) is 5.75 Å². The summed E-state index contributed by atoms with van der Waals surface area (Å²) in [5.41, 5.74) is 7.78. The van der Waals surface area contributed by atoms with Crippen LogP contribution < -0.4 is 5.73 Å². The second kappa shape index (κ2) is 3.95. The third kappa shape index (κ3) is 1.70. The summed E-state index contributed by atoms with van der Waals surface area (Å²) in [4.78, 5) is 3.06. The molecule has 0 aliphatic rings. The number of aromatic nitrogens is 1. The number of aromatic hydroxyl groups is 1.